The number of hydrogen-bond acceptors (Lipinski definition) is 6. The summed E-state index contributed by atoms with van der Waals surface area (Å²) in [5.74, 6) is 0.502. The zero-order valence-electron chi connectivity index (χ0n) is 14.8. The predicted octanol–water partition coefficient (Wildman–Crippen LogP) is 1.57. The van der Waals surface area contributed by atoms with Gasteiger partial charge in [-0.3, -0.25) is 9.58 Å². The Hall–Kier alpha value is -1.31. The summed E-state index contributed by atoms with van der Waals surface area (Å²) < 4.78 is 13.3. The van der Waals surface area contributed by atoms with Crippen LogP contribution in [0.3, 0.4) is 0 Å². The molecular formula is C18H30N4O3. The van der Waals surface area contributed by atoms with Crippen molar-refractivity contribution in [2.75, 3.05) is 32.2 Å². The molecule has 140 valence electrons. The average Bonchev–Trinajstić information content (AvgIpc) is 3.12. The summed E-state index contributed by atoms with van der Waals surface area (Å²) in [6, 6.07) is 2.40. The first kappa shape index (κ1) is 17.1. The third-order valence-electron chi connectivity index (χ3n) is 6.02. The zero-order chi connectivity index (χ0) is 17.2. The van der Waals surface area contributed by atoms with Crippen molar-refractivity contribution >= 4 is 5.69 Å². The van der Waals surface area contributed by atoms with Crippen LogP contribution in [0.5, 0.6) is 5.88 Å². The van der Waals surface area contributed by atoms with E-state index < -0.39 is 0 Å². The van der Waals surface area contributed by atoms with Crippen LogP contribution in [0.15, 0.2) is 6.20 Å². The number of hydrogen-bond donors (Lipinski definition) is 2. The van der Waals surface area contributed by atoms with Crippen molar-refractivity contribution in [3.8, 4) is 5.88 Å². The first-order valence-electron chi connectivity index (χ1n) is 9.69. The number of nitrogens with zero attached hydrogens (tertiary/aromatic N) is 3. The Morgan fingerprint density at radius 2 is 1.72 bits per heavy atom. The lowest BCUT2D eigenvalue weighted by Crippen LogP contribution is -2.52. The van der Waals surface area contributed by atoms with Crippen LogP contribution in [0.4, 0.5) is 5.69 Å². The van der Waals surface area contributed by atoms with E-state index in [9.17, 15) is 0 Å². The molecule has 3 N–H and O–H groups in total. The Labute approximate surface area is 149 Å². The number of rotatable bonds is 6. The van der Waals surface area contributed by atoms with Crippen LogP contribution in [-0.2, 0) is 4.74 Å². The number of aromatic nitrogens is 2. The van der Waals surface area contributed by atoms with E-state index in [1.165, 1.54) is 25.7 Å². The van der Waals surface area contributed by atoms with Crippen LogP contribution in [0.2, 0.25) is 0 Å². The molecule has 1 aromatic rings. The number of anilines is 1. The molecule has 2 atom stereocenters. The van der Waals surface area contributed by atoms with Crippen LogP contribution in [0.25, 0.3) is 0 Å². The molecule has 3 fully saturated rings. The van der Waals surface area contributed by atoms with E-state index in [4.69, 9.17) is 20.3 Å². The Bertz CT molecular complexity index is 555. The summed E-state index contributed by atoms with van der Waals surface area (Å²) in [5.41, 5.74) is 6.62. The van der Waals surface area contributed by atoms with E-state index in [2.05, 4.69) is 10.00 Å². The van der Waals surface area contributed by atoms with Gasteiger partial charge in [0.15, 0.2) is 0 Å². The van der Waals surface area contributed by atoms with Crippen molar-refractivity contribution in [1.29, 1.82) is 0 Å². The first-order valence-corrected chi connectivity index (χ1v) is 9.69. The fourth-order valence-corrected chi connectivity index (χ4v) is 4.80. The lowest BCUT2D eigenvalue weighted by Gasteiger charge is -2.43. The van der Waals surface area contributed by atoms with Gasteiger partial charge in [0.2, 0.25) is 0 Å². The molecule has 0 aromatic carbocycles. The Morgan fingerprint density at radius 1 is 1.08 bits per heavy atom. The van der Waals surface area contributed by atoms with Gasteiger partial charge in [-0.15, -0.1) is 5.10 Å². The standard InChI is InChI=1S/C18H30N4O3/c19-17-10-21(20-18(17)25-9-1-8-23)13-2-4-14(5-3-13)22-15-6-7-16(22)12-24-11-15/h10,13-16,23H,1-9,11-12,19H2/t13?,14?,15-,16+. The number of nitrogen functional groups attached to an aromatic ring is 1. The van der Waals surface area contributed by atoms with Gasteiger partial charge < -0.3 is 20.3 Å². The molecule has 7 nitrogen and oxygen atoms in total. The largest absolute Gasteiger partial charge is 0.475 e. The lowest BCUT2D eigenvalue weighted by atomic mass is 9.89. The molecule has 2 aliphatic heterocycles. The molecule has 0 unspecified atom stereocenters. The number of fused-ring (bicyclic) bond motifs is 2. The van der Waals surface area contributed by atoms with E-state index in [0.717, 1.165) is 26.1 Å². The maximum absolute atomic E-state index is 8.85. The Balaban J connectivity index is 1.33. The fourth-order valence-electron chi connectivity index (χ4n) is 4.80. The number of aliphatic hydroxyl groups is 1. The highest BCUT2D eigenvalue weighted by molar-refractivity contribution is 5.46. The van der Waals surface area contributed by atoms with Gasteiger partial charge in [0.25, 0.3) is 5.88 Å². The van der Waals surface area contributed by atoms with Gasteiger partial charge >= 0.3 is 0 Å². The third-order valence-corrected chi connectivity index (χ3v) is 6.02. The van der Waals surface area contributed by atoms with Gasteiger partial charge in [0, 0.05) is 31.2 Å². The van der Waals surface area contributed by atoms with Crippen LogP contribution >= 0.6 is 0 Å². The van der Waals surface area contributed by atoms with Gasteiger partial charge in [-0.05, 0) is 38.5 Å². The lowest BCUT2D eigenvalue weighted by molar-refractivity contribution is -0.0458. The van der Waals surface area contributed by atoms with E-state index >= 15 is 0 Å². The molecule has 4 rings (SSSR count). The minimum Gasteiger partial charge on any atom is -0.475 e. The summed E-state index contributed by atoms with van der Waals surface area (Å²) in [7, 11) is 0. The van der Waals surface area contributed by atoms with Gasteiger partial charge in [-0.25, -0.2) is 0 Å². The highest BCUT2D eigenvalue weighted by atomic mass is 16.5. The average molecular weight is 350 g/mol. The predicted molar refractivity (Wildman–Crippen MR) is 94.6 cm³/mol. The molecular weight excluding hydrogens is 320 g/mol. The summed E-state index contributed by atoms with van der Waals surface area (Å²) in [6.07, 6.45) is 9.81. The quantitative estimate of drug-likeness (QED) is 0.758. The fraction of sp³-hybridized carbons (Fsp3) is 0.833. The highest BCUT2D eigenvalue weighted by Crippen LogP contribution is 2.38. The minimum absolute atomic E-state index is 0.119. The zero-order valence-corrected chi connectivity index (χ0v) is 14.8. The van der Waals surface area contributed by atoms with Crippen molar-refractivity contribution in [1.82, 2.24) is 14.7 Å². The molecule has 2 saturated heterocycles. The van der Waals surface area contributed by atoms with Crippen molar-refractivity contribution in [3.05, 3.63) is 6.20 Å². The summed E-state index contributed by atoms with van der Waals surface area (Å²) in [4.78, 5) is 2.76. The smallest absolute Gasteiger partial charge is 0.256 e. The van der Waals surface area contributed by atoms with E-state index in [-0.39, 0.29) is 6.61 Å². The minimum atomic E-state index is 0.119. The van der Waals surface area contributed by atoms with Crippen LogP contribution in [0.1, 0.15) is 51.0 Å². The monoisotopic (exact) mass is 350 g/mol. The topological polar surface area (TPSA) is 85.8 Å². The van der Waals surface area contributed by atoms with E-state index in [1.54, 1.807) is 0 Å². The van der Waals surface area contributed by atoms with Crippen LogP contribution in [0, 0.1) is 0 Å². The first-order chi connectivity index (χ1) is 12.3. The van der Waals surface area contributed by atoms with Gasteiger partial charge in [0.05, 0.1) is 32.1 Å². The second-order valence-electron chi connectivity index (χ2n) is 7.63. The third kappa shape index (κ3) is 3.50. The molecule has 1 aliphatic carbocycles. The van der Waals surface area contributed by atoms with Crippen molar-refractivity contribution < 1.29 is 14.6 Å². The highest BCUT2D eigenvalue weighted by Gasteiger charge is 2.42. The number of ether oxygens (including phenoxy) is 2. The van der Waals surface area contributed by atoms with Gasteiger partial charge in [-0.1, -0.05) is 0 Å². The second kappa shape index (κ2) is 7.51. The summed E-state index contributed by atoms with van der Waals surface area (Å²) >= 11 is 0. The molecule has 0 radical (unpaired) electrons. The maximum Gasteiger partial charge on any atom is 0.256 e. The van der Waals surface area contributed by atoms with Crippen LogP contribution in [-0.4, -0.2) is 64.3 Å². The molecule has 25 heavy (non-hydrogen) atoms. The number of morpholine rings is 1. The van der Waals surface area contributed by atoms with E-state index in [0.29, 0.717) is 48.8 Å². The maximum atomic E-state index is 8.85. The molecule has 7 heteroatoms. The van der Waals surface area contributed by atoms with Gasteiger partial charge in [-0.2, -0.15) is 0 Å². The normalized spacial score (nSPS) is 32.8. The molecule has 0 amide bonds. The molecule has 3 aliphatic rings. The SMILES string of the molecule is Nc1cn(C2CCC(N3[C@@H]4CC[C@H]3COC4)CC2)nc1OCCCO. The summed E-state index contributed by atoms with van der Waals surface area (Å²) in [5, 5.41) is 13.4. The molecule has 3 heterocycles. The Kier molecular flexibility index (Phi) is 5.15. The molecule has 2 bridgehead atoms. The Morgan fingerprint density at radius 3 is 2.40 bits per heavy atom. The van der Waals surface area contributed by atoms with Crippen molar-refractivity contribution in [3.63, 3.8) is 0 Å². The van der Waals surface area contributed by atoms with E-state index in [1.807, 2.05) is 10.9 Å². The summed E-state index contributed by atoms with van der Waals surface area (Å²) in [6.45, 7) is 2.40. The molecule has 1 saturated carbocycles. The van der Waals surface area contributed by atoms with Crippen LogP contribution < -0.4 is 10.5 Å². The molecule has 0 spiro atoms. The number of nitrogens with two attached hydrogens (primary N) is 1. The number of aliphatic hydroxyl groups excluding tert-OH is 1. The van der Waals surface area contributed by atoms with Crippen molar-refractivity contribution in [2.45, 2.75) is 69.1 Å². The molecule has 1 aromatic heterocycles. The van der Waals surface area contributed by atoms with Crippen molar-refractivity contribution in [2.24, 2.45) is 0 Å². The second-order valence-corrected chi connectivity index (χ2v) is 7.63. The van der Waals surface area contributed by atoms with Gasteiger partial charge in [0.1, 0.15) is 5.69 Å².